The van der Waals surface area contributed by atoms with Crippen molar-refractivity contribution in [3.05, 3.63) is 24.4 Å². The molecule has 82 valence electrons. The molecule has 1 saturated heterocycles. The summed E-state index contributed by atoms with van der Waals surface area (Å²) in [5.74, 6) is 1.07. The lowest BCUT2D eigenvalue weighted by Crippen LogP contribution is -2.52. The Hall–Kier alpha value is -1.09. The fourth-order valence-corrected chi connectivity index (χ4v) is 2.11. The smallest absolute Gasteiger partial charge is 0.128 e. The van der Waals surface area contributed by atoms with Crippen LogP contribution in [0.4, 0.5) is 5.82 Å². The molecule has 2 heterocycles. The lowest BCUT2D eigenvalue weighted by molar-refractivity contribution is 0.244. The third kappa shape index (κ3) is 2.12. The second-order valence-electron chi connectivity index (χ2n) is 4.99. The third-order valence-electron chi connectivity index (χ3n) is 3.29. The molecule has 1 aliphatic rings. The van der Waals surface area contributed by atoms with Crippen LogP contribution in [0.3, 0.4) is 0 Å². The molecule has 0 saturated carbocycles. The molecule has 1 aromatic heterocycles. The molecule has 1 fully saturated rings. The molecule has 1 unspecified atom stereocenters. The molecule has 0 aromatic carbocycles. The monoisotopic (exact) mass is 205 g/mol. The number of hydrogen-bond acceptors (Lipinski definition) is 3. The summed E-state index contributed by atoms with van der Waals surface area (Å²) in [6.45, 7) is 6.46. The first-order valence-corrected chi connectivity index (χ1v) is 5.51. The summed E-state index contributed by atoms with van der Waals surface area (Å²) in [5.41, 5.74) is 6.28. The summed E-state index contributed by atoms with van der Waals surface area (Å²) in [4.78, 5) is 6.70. The van der Waals surface area contributed by atoms with Gasteiger partial charge in [-0.15, -0.1) is 0 Å². The minimum atomic E-state index is 0.176. The van der Waals surface area contributed by atoms with E-state index < -0.39 is 0 Å². The fourth-order valence-electron chi connectivity index (χ4n) is 2.11. The van der Waals surface area contributed by atoms with Gasteiger partial charge in [-0.25, -0.2) is 4.98 Å². The average Bonchev–Trinajstić information content (AvgIpc) is 2.23. The van der Waals surface area contributed by atoms with E-state index in [1.807, 2.05) is 18.3 Å². The summed E-state index contributed by atoms with van der Waals surface area (Å²) in [5, 5.41) is 0. The minimum Gasteiger partial charge on any atom is -0.356 e. The zero-order chi connectivity index (χ0) is 10.9. The summed E-state index contributed by atoms with van der Waals surface area (Å²) in [7, 11) is 0. The molecule has 3 nitrogen and oxygen atoms in total. The van der Waals surface area contributed by atoms with Gasteiger partial charge in [0.2, 0.25) is 0 Å². The van der Waals surface area contributed by atoms with Gasteiger partial charge in [-0.2, -0.15) is 0 Å². The number of pyridine rings is 1. The van der Waals surface area contributed by atoms with Crippen molar-refractivity contribution in [2.45, 2.75) is 26.3 Å². The molecule has 0 spiro atoms. The molecular weight excluding hydrogens is 186 g/mol. The summed E-state index contributed by atoms with van der Waals surface area (Å²) in [6, 6.07) is 6.35. The van der Waals surface area contributed by atoms with Gasteiger partial charge in [0.1, 0.15) is 5.82 Å². The van der Waals surface area contributed by atoms with Gasteiger partial charge in [-0.3, -0.25) is 0 Å². The first-order chi connectivity index (χ1) is 7.09. The molecule has 1 atom stereocenters. The maximum atomic E-state index is 6.11. The number of nitrogens with two attached hydrogens (primary N) is 1. The van der Waals surface area contributed by atoms with Crippen LogP contribution >= 0.6 is 0 Å². The van der Waals surface area contributed by atoms with Crippen molar-refractivity contribution >= 4 is 5.82 Å². The minimum absolute atomic E-state index is 0.176. The number of hydrogen-bond donors (Lipinski definition) is 1. The van der Waals surface area contributed by atoms with E-state index in [-0.39, 0.29) is 5.41 Å². The molecule has 0 radical (unpaired) electrons. The van der Waals surface area contributed by atoms with Gasteiger partial charge < -0.3 is 10.6 Å². The van der Waals surface area contributed by atoms with Crippen molar-refractivity contribution < 1.29 is 0 Å². The summed E-state index contributed by atoms with van der Waals surface area (Å²) < 4.78 is 0. The van der Waals surface area contributed by atoms with Crippen LogP contribution in [0, 0.1) is 5.41 Å². The van der Waals surface area contributed by atoms with Crippen molar-refractivity contribution in [2.24, 2.45) is 11.1 Å². The second-order valence-corrected chi connectivity index (χ2v) is 4.99. The molecule has 0 aliphatic carbocycles. The molecule has 3 heteroatoms. The van der Waals surface area contributed by atoms with Crippen molar-refractivity contribution in [3.63, 3.8) is 0 Å². The summed E-state index contributed by atoms with van der Waals surface area (Å²) in [6.07, 6.45) is 2.89. The first-order valence-electron chi connectivity index (χ1n) is 5.51. The number of anilines is 1. The highest BCUT2D eigenvalue weighted by molar-refractivity contribution is 5.39. The Labute approximate surface area is 91.3 Å². The number of piperidine rings is 1. The molecule has 2 N–H and O–H groups in total. The van der Waals surface area contributed by atoms with Gasteiger partial charge >= 0.3 is 0 Å². The van der Waals surface area contributed by atoms with E-state index in [0.29, 0.717) is 6.04 Å². The van der Waals surface area contributed by atoms with E-state index in [4.69, 9.17) is 5.73 Å². The highest BCUT2D eigenvalue weighted by atomic mass is 15.2. The van der Waals surface area contributed by atoms with Crippen LogP contribution in [-0.2, 0) is 0 Å². The largest absolute Gasteiger partial charge is 0.356 e. The predicted molar refractivity (Wildman–Crippen MR) is 62.8 cm³/mol. The zero-order valence-electron chi connectivity index (χ0n) is 9.48. The van der Waals surface area contributed by atoms with Crippen LogP contribution in [0.5, 0.6) is 0 Å². The molecule has 2 rings (SSSR count). The molecule has 0 bridgehead atoms. The Kier molecular flexibility index (Phi) is 2.65. The molecule has 15 heavy (non-hydrogen) atoms. The lowest BCUT2D eigenvalue weighted by atomic mass is 9.80. The van der Waals surface area contributed by atoms with Crippen molar-refractivity contribution in [1.29, 1.82) is 0 Å². The number of rotatable bonds is 1. The highest BCUT2D eigenvalue weighted by Crippen LogP contribution is 2.29. The van der Waals surface area contributed by atoms with Gasteiger partial charge in [-0.05, 0) is 24.0 Å². The molecular formula is C12H19N3. The van der Waals surface area contributed by atoms with E-state index in [2.05, 4.69) is 29.8 Å². The lowest BCUT2D eigenvalue weighted by Gasteiger charge is -2.43. The molecule has 0 amide bonds. The standard InChI is InChI=1S/C12H19N3/c1-12(2)9-15(8-6-10(12)13)11-5-3-4-7-14-11/h3-5,7,10H,6,8-9,13H2,1-2H3. The van der Waals surface area contributed by atoms with Crippen molar-refractivity contribution in [3.8, 4) is 0 Å². The van der Waals surface area contributed by atoms with E-state index in [1.165, 1.54) is 0 Å². The SMILES string of the molecule is CC1(C)CN(c2ccccn2)CCC1N. The normalized spacial score (nSPS) is 25.3. The van der Waals surface area contributed by atoms with E-state index in [0.717, 1.165) is 25.3 Å². The summed E-state index contributed by atoms with van der Waals surface area (Å²) >= 11 is 0. The maximum absolute atomic E-state index is 6.11. The van der Waals surface area contributed by atoms with E-state index in [1.54, 1.807) is 0 Å². The van der Waals surface area contributed by atoms with Crippen molar-refractivity contribution in [2.75, 3.05) is 18.0 Å². The van der Waals surface area contributed by atoms with Crippen LogP contribution in [-0.4, -0.2) is 24.1 Å². The predicted octanol–water partition coefficient (Wildman–Crippen LogP) is 1.65. The van der Waals surface area contributed by atoms with Gasteiger partial charge in [0.25, 0.3) is 0 Å². The van der Waals surface area contributed by atoms with Crippen LogP contribution in [0.15, 0.2) is 24.4 Å². The van der Waals surface area contributed by atoms with Crippen LogP contribution in [0.1, 0.15) is 20.3 Å². The van der Waals surface area contributed by atoms with Crippen molar-refractivity contribution in [1.82, 2.24) is 4.98 Å². The third-order valence-corrected chi connectivity index (χ3v) is 3.29. The van der Waals surface area contributed by atoms with Crippen LogP contribution in [0.25, 0.3) is 0 Å². The first kappa shape index (κ1) is 10.4. The van der Waals surface area contributed by atoms with Gasteiger partial charge in [0.15, 0.2) is 0 Å². The van der Waals surface area contributed by atoms with Gasteiger partial charge in [0, 0.05) is 25.3 Å². The van der Waals surface area contributed by atoms with Crippen LogP contribution in [0.2, 0.25) is 0 Å². The Bertz CT molecular complexity index is 321. The number of nitrogens with zero attached hydrogens (tertiary/aromatic N) is 2. The highest BCUT2D eigenvalue weighted by Gasteiger charge is 2.33. The quantitative estimate of drug-likeness (QED) is 0.758. The Morgan fingerprint density at radius 2 is 2.27 bits per heavy atom. The Morgan fingerprint density at radius 1 is 1.47 bits per heavy atom. The zero-order valence-corrected chi connectivity index (χ0v) is 9.48. The van der Waals surface area contributed by atoms with E-state index in [9.17, 15) is 0 Å². The molecule has 1 aliphatic heterocycles. The Morgan fingerprint density at radius 3 is 2.87 bits per heavy atom. The van der Waals surface area contributed by atoms with Gasteiger partial charge in [-0.1, -0.05) is 19.9 Å². The maximum Gasteiger partial charge on any atom is 0.128 e. The van der Waals surface area contributed by atoms with Crippen LogP contribution < -0.4 is 10.6 Å². The number of aromatic nitrogens is 1. The topological polar surface area (TPSA) is 42.2 Å². The Balaban J connectivity index is 2.14. The van der Waals surface area contributed by atoms with E-state index >= 15 is 0 Å². The fraction of sp³-hybridized carbons (Fsp3) is 0.583. The van der Waals surface area contributed by atoms with Gasteiger partial charge in [0.05, 0.1) is 0 Å². The second kappa shape index (κ2) is 3.81. The molecule has 1 aromatic rings. The average molecular weight is 205 g/mol.